The van der Waals surface area contributed by atoms with Crippen LogP contribution in [0, 0.1) is 5.82 Å². The number of hydrogen-bond donors (Lipinski definition) is 0. The fourth-order valence-electron chi connectivity index (χ4n) is 2.15. The van der Waals surface area contributed by atoms with Crippen LogP contribution >= 0.6 is 0 Å². The highest BCUT2D eigenvalue weighted by Gasteiger charge is 2.27. The molecular formula is C17H10FO5-. The average Bonchev–Trinajstić information content (AvgIpc) is 2.81. The molecule has 3 rings (SSSR count). The molecule has 1 aliphatic rings. The van der Waals surface area contributed by atoms with Crippen LogP contribution in [0.1, 0.15) is 15.9 Å². The average molecular weight is 313 g/mol. The monoisotopic (exact) mass is 313 g/mol. The second-order valence-corrected chi connectivity index (χ2v) is 4.81. The number of ketones is 1. The minimum Gasteiger partial charge on any atom is -0.546 e. The lowest BCUT2D eigenvalue weighted by Gasteiger charge is -2.07. The van der Waals surface area contributed by atoms with E-state index >= 15 is 0 Å². The first-order valence-corrected chi connectivity index (χ1v) is 6.69. The molecule has 2 aromatic carbocycles. The molecular weight excluding hydrogens is 303 g/mol. The number of carboxylic acids is 1. The molecule has 0 N–H and O–H groups in total. The highest BCUT2D eigenvalue weighted by atomic mass is 19.1. The Balaban J connectivity index is 1.85. The van der Waals surface area contributed by atoms with Crippen molar-refractivity contribution in [3.05, 3.63) is 65.2 Å². The highest BCUT2D eigenvalue weighted by Crippen LogP contribution is 2.34. The van der Waals surface area contributed by atoms with Crippen molar-refractivity contribution in [2.24, 2.45) is 0 Å². The van der Waals surface area contributed by atoms with Crippen LogP contribution in [0.15, 0.2) is 48.2 Å². The van der Waals surface area contributed by atoms with Gasteiger partial charge >= 0.3 is 0 Å². The normalized spacial score (nSPS) is 14.5. The topological polar surface area (TPSA) is 75.7 Å². The zero-order chi connectivity index (χ0) is 16.4. The van der Waals surface area contributed by atoms with Crippen LogP contribution in [-0.4, -0.2) is 18.4 Å². The molecule has 0 unspecified atom stereocenters. The minimum absolute atomic E-state index is 0.0580. The Hall–Kier alpha value is -3.15. The van der Waals surface area contributed by atoms with E-state index in [-0.39, 0.29) is 23.0 Å². The number of benzene rings is 2. The van der Waals surface area contributed by atoms with E-state index in [0.29, 0.717) is 11.1 Å². The summed E-state index contributed by atoms with van der Waals surface area (Å²) in [6.45, 7) is -0.598. The van der Waals surface area contributed by atoms with Crippen LogP contribution < -0.4 is 14.6 Å². The lowest BCUT2D eigenvalue weighted by atomic mass is 10.1. The predicted octanol–water partition coefficient (Wildman–Crippen LogP) is 1.57. The standard InChI is InChI=1S/C17H11FO5/c18-11-3-1-2-10(6-11)7-15-17(21)13-5-4-12(8-14(13)23-15)22-9-16(19)20/h1-8H,9H2,(H,19,20)/p-1/b15-7-. The third-order valence-corrected chi connectivity index (χ3v) is 3.14. The molecule has 116 valence electrons. The summed E-state index contributed by atoms with van der Waals surface area (Å²) in [7, 11) is 0. The van der Waals surface area contributed by atoms with Gasteiger partial charge < -0.3 is 19.4 Å². The molecule has 0 amide bonds. The summed E-state index contributed by atoms with van der Waals surface area (Å²) >= 11 is 0. The van der Waals surface area contributed by atoms with Crippen molar-refractivity contribution in [3.8, 4) is 11.5 Å². The minimum atomic E-state index is -1.35. The first-order chi connectivity index (χ1) is 11.0. The van der Waals surface area contributed by atoms with E-state index in [9.17, 15) is 19.1 Å². The van der Waals surface area contributed by atoms with E-state index in [0.717, 1.165) is 0 Å². The van der Waals surface area contributed by atoms with Crippen LogP contribution in [0.4, 0.5) is 4.39 Å². The van der Waals surface area contributed by atoms with Gasteiger partial charge in [0.15, 0.2) is 5.76 Å². The van der Waals surface area contributed by atoms with Crippen molar-refractivity contribution >= 4 is 17.8 Å². The number of fused-ring (bicyclic) bond motifs is 1. The number of hydrogen-bond acceptors (Lipinski definition) is 5. The van der Waals surface area contributed by atoms with E-state index in [4.69, 9.17) is 9.47 Å². The van der Waals surface area contributed by atoms with Gasteiger partial charge in [0.1, 0.15) is 23.9 Å². The highest BCUT2D eigenvalue weighted by molar-refractivity contribution is 6.14. The number of allylic oxidation sites excluding steroid dienone is 1. The van der Waals surface area contributed by atoms with Crippen molar-refractivity contribution in [1.29, 1.82) is 0 Å². The third-order valence-electron chi connectivity index (χ3n) is 3.14. The molecule has 0 radical (unpaired) electrons. The number of halogens is 1. The van der Waals surface area contributed by atoms with Gasteiger partial charge in [0, 0.05) is 6.07 Å². The quantitative estimate of drug-likeness (QED) is 0.801. The number of ether oxygens (including phenoxy) is 2. The SMILES string of the molecule is O=C([O-])COc1ccc2c(c1)O/C(=C\c1cccc(F)c1)C2=O. The van der Waals surface area contributed by atoms with E-state index in [2.05, 4.69) is 0 Å². The number of rotatable bonds is 4. The Morgan fingerprint density at radius 1 is 1.26 bits per heavy atom. The maximum absolute atomic E-state index is 13.2. The largest absolute Gasteiger partial charge is 0.546 e. The molecule has 1 aliphatic heterocycles. The van der Waals surface area contributed by atoms with Crippen molar-refractivity contribution in [2.45, 2.75) is 0 Å². The molecule has 0 fully saturated rings. The maximum Gasteiger partial charge on any atom is 0.231 e. The van der Waals surface area contributed by atoms with E-state index in [1.807, 2.05) is 0 Å². The van der Waals surface area contributed by atoms with Crippen LogP contribution in [-0.2, 0) is 4.79 Å². The Bertz CT molecular complexity index is 825. The van der Waals surface area contributed by atoms with Gasteiger partial charge in [-0.1, -0.05) is 12.1 Å². The summed E-state index contributed by atoms with van der Waals surface area (Å²) in [6, 6.07) is 10.1. The fraction of sp³-hybridized carbons (Fsp3) is 0.0588. The van der Waals surface area contributed by atoms with Gasteiger partial charge in [0.2, 0.25) is 5.78 Å². The fourth-order valence-corrected chi connectivity index (χ4v) is 2.15. The second-order valence-electron chi connectivity index (χ2n) is 4.81. The van der Waals surface area contributed by atoms with Gasteiger partial charge in [0.25, 0.3) is 0 Å². The third kappa shape index (κ3) is 3.21. The Labute approximate surface area is 130 Å². The van der Waals surface area contributed by atoms with Crippen LogP contribution in [0.25, 0.3) is 6.08 Å². The molecule has 6 heteroatoms. The van der Waals surface area contributed by atoms with Crippen molar-refractivity contribution in [3.63, 3.8) is 0 Å². The summed E-state index contributed by atoms with van der Waals surface area (Å²) in [4.78, 5) is 22.6. The molecule has 0 aliphatic carbocycles. The van der Waals surface area contributed by atoms with Gasteiger partial charge in [-0.15, -0.1) is 0 Å². The van der Waals surface area contributed by atoms with Crippen LogP contribution in [0.5, 0.6) is 11.5 Å². The lowest BCUT2D eigenvalue weighted by molar-refractivity contribution is -0.307. The summed E-state index contributed by atoms with van der Waals surface area (Å²) in [6.07, 6.45) is 1.44. The lowest BCUT2D eigenvalue weighted by Crippen LogP contribution is -2.28. The second kappa shape index (κ2) is 5.92. The zero-order valence-electron chi connectivity index (χ0n) is 11.7. The Kier molecular flexibility index (Phi) is 3.80. The van der Waals surface area contributed by atoms with Crippen LogP contribution in [0.3, 0.4) is 0 Å². The molecule has 0 bridgehead atoms. The molecule has 0 saturated carbocycles. The van der Waals surface area contributed by atoms with Crippen LogP contribution in [0.2, 0.25) is 0 Å². The molecule has 0 saturated heterocycles. The zero-order valence-corrected chi connectivity index (χ0v) is 11.7. The smallest absolute Gasteiger partial charge is 0.231 e. The molecule has 23 heavy (non-hydrogen) atoms. The first-order valence-electron chi connectivity index (χ1n) is 6.69. The summed E-state index contributed by atoms with van der Waals surface area (Å²) in [5, 5.41) is 10.4. The van der Waals surface area contributed by atoms with E-state index in [1.165, 1.54) is 42.5 Å². The number of carbonyl (C=O) groups is 2. The molecule has 1 heterocycles. The van der Waals surface area contributed by atoms with Gasteiger partial charge in [0.05, 0.1) is 11.5 Å². The number of carboxylic acid groups (broad SMARTS) is 1. The van der Waals surface area contributed by atoms with Gasteiger partial charge in [-0.05, 0) is 35.9 Å². The summed E-state index contributed by atoms with van der Waals surface area (Å²) in [5.74, 6) is -1.55. The van der Waals surface area contributed by atoms with Gasteiger partial charge in [-0.2, -0.15) is 0 Å². The molecule has 5 nitrogen and oxygen atoms in total. The Morgan fingerprint density at radius 3 is 2.83 bits per heavy atom. The maximum atomic E-state index is 13.2. The van der Waals surface area contributed by atoms with E-state index in [1.54, 1.807) is 6.07 Å². The summed E-state index contributed by atoms with van der Waals surface area (Å²) in [5.41, 5.74) is 0.822. The van der Waals surface area contributed by atoms with Crippen molar-refractivity contribution in [2.75, 3.05) is 6.61 Å². The van der Waals surface area contributed by atoms with Gasteiger partial charge in [-0.3, -0.25) is 4.79 Å². The van der Waals surface area contributed by atoms with E-state index < -0.39 is 18.4 Å². The molecule has 0 aromatic heterocycles. The molecule has 0 atom stereocenters. The number of Topliss-reactive ketones (excluding diaryl/α,β-unsaturated/α-hetero) is 1. The first kappa shape index (κ1) is 14.8. The molecule has 0 spiro atoms. The van der Waals surface area contributed by atoms with Gasteiger partial charge in [-0.25, -0.2) is 4.39 Å². The Morgan fingerprint density at radius 2 is 2.09 bits per heavy atom. The number of aliphatic carboxylic acids is 1. The predicted molar refractivity (Wildman–Crippen MR) is 76.3 cm³/mol. The molecule has 2 aromatic rings. The van der Waals surface area contributed by atoms with Crippen molar-refractivity contribution < 1.29 is 28.6 Å². The summed E-state index contributed by atoms with van der Waals surface area (Å²) < 4.78 is 23.6. The number of carbonyl (C=O) groups excluding carboxylic acids is 2. The van der Waals surface area contributed by atoms with Crippen molar-refractivity contribution in [1.82, 2.24) is 0 Å².